The summed E-state index contributed by atoms with van der Waals surface area (Å²) < 4.78 is 13.4. The van der Waals surface area contributed by atoms with E-state index in [1.54, 1.807) is 18.0 Å². The molecule has 0 saturated carbocycles. The van der Waals surface area contributed by atoms with E-state index < -0.39 is 5.60 Å². The quantitative estimate of drug-likeness (QED) is 0.690. The highest BCUT2D eigenvalue weighted by Gasteiger charge is 2.45. The lowest BCUT2D eigenvalue weighted by molar-refractivity contribution is -0.104. The minimum absolute atomic E-state index is 0.122. The first-order valence-electron chi connectivity index (χ1n) is 9.91. The summed E-state index contributed by atoms with van der Waals surface area (Å²) in [5, 5.41) is 4.55. The Kier molecular flexibility index (Phi) is 4.36. The van der Waals surface area contributed by atoms with Gasteiger partial charge in [0, 0.05) is 6.54 Å². The second-order valence-electron chi connectivity index (χ2n) is 7.55. The highest BCUT2D eigenvalue weighted by Crippen LogP contribution is 2.42. The van der Waals surface area contributed by atoms with Crippen LogP contribution >= 0.6 is 0 Å². The van der Waals surface area contributed by atoms with Crippen LogP contribution in [0.2, 0.25) is 0 Å². The highest BCUT2D eigenvalue weighted by atomic mass is 16.5. The van der Waals surface area contributed by atoms with Crippen molar-refractivity contribution >= 4 is 5.91 Å². The number of aryl methyl sites for hydroxylation is 1. The van der Waals surface area contributed by atoms with E-state index in [0.29, 0.717) is 31.1 Å². The molecule has 0 radical (unpaired) electrons. The molecule has 6 heteroatoms. The first-order chi connectivity index (χ1) is 14.2. The van der Waals surface area contributed by atoms with Gasteiger partial charge in [-0.1, -0.05) is 42.5 Å². The van der Waals surface area contributed by atoms with Crippen molar-refractivity contribution in [1.29, 1.82) is 0 Å². The van der Waals surface area contributed by atoms with Crippen LogP contribution in [-0.4, -0.2) is 47.4 Å². The van der Waals surface area contributed by atoms with Crippen LogP contribution in [-0.2, 0) is 16.8 Å². The minimum atomic E-state index is -0.417. The number of nitrogens with zero attached hydrogens (tertiary/aromatic N) is 3. The van der Waals surface area contributed by atoms with Gasteiger partial charge in [-0.05, 0) is 36.1 Å². The number of hydrogen-bond donors (Lipinski definition) is 0. The van der Waals surface area contributed by atoms with E-state index in [1.807, 2.05) is 41.3 Å². The zero-order valence-electron chi connectivity index (χ0n) is 16.4. The first-order valence-corrected chi connectivity index (χ1v) is 9.91. The summed E-state index contributed by atoms with van der Waals surface area (Å²) in [6.45, 7) is 1.59. The molecule has 2 aromatic carbocycles. The van der Waals surface area contributed by atoms with Crippen molar-refractivity contribution in [2.45, 2.75) is 18.4 Å². The average molecular weight is 389 g/mol. The van der Waals surface area contributed by atoms with Crippen molar-refractivity contribution < 1.29 is 14.3 Å². The van der Waals surface area contributed by atoms with Crippen LogP contribution < -0.4 is 4.74 Å². The molecule has 6 nitrogen and oxygen atoms in total. The third kappa shape index (κ3) is 3.00. The Morgan fingerprint density at radius 1 is 1.14 bits per heavy atom. The third-order valence-electron chi connectivity index (χ3n) is 5.90. The molecule has 29 heavy (non-hydrogen) atoms. The molecule has 1 aliphatic heterocycles. The number of carbonyl (C=O) groups excluding carboxylic acids is 1. The second kappa shape index (κ2) is 7.04. The predicted octanol–water partition coefficient (Wildman–Crippen LogP) is 3.20. The Hall–Kier alpha value is -3.12. The number of rotatable bonds is 3. The standard InChI is InChI=1S/C23H23N3O3/c1-28-20-15-26(18-8-3-2-4-9-18)24-21(20)22(27)25-13-14-29-23(16-25)12-11-17-7-5-6-10-19(17)23/h2-10,15H,11-14,16H2,1H3/t23-/m1/s1. The van der Waals surface area contributed by atoms with E-state index >= 15 is 0 Å². The fraction of sp³-hybridized carbons (Fsp3) is 0.304. The summed E-state index contributed by atoms with van der Waals surface area (Å²) in [5.74, 6) is 0.356. The molecule has 1 atom stereocenters. The van der Waals surface area contributed by atoms with Crippen LogP contribution in [0.3, 0.4) is 0 Å². The fourth-order valence-electron chi connectivity index (χ4n) is 4.44. The Labute approximate surface area is 169 Å². The average Bonchev–Trinajstić information content (AvgIpc) is 3.37. The summed E-state index contributed by atoms with van der Waals surface area (Å²) in [5.41, 5.74) is 3.32. The molecule has 0 N–H and O–H groups in total. The van der Waals surface area contributed by atoms with Crippen LogP contribution in [0.15, 0.2) is 60.8 Å². The molecule has 2 aliphatic rings. The lowest BCUT2D eigenvalue weighted by atomic mass is 9.93. The van der Waals surface area contributed by atoms with Gasteiger partial charge in [-0.25, -0.2) is 4.68 Å². The van der Waals surface area contributed by atoms with Crippen molar-refractivity contribution in [2.24, 2.45) is 0 Å². The number of methoxy groups -OCH3 is 1. The molecule has 1 spiro atoms. The predicted molar refractivity (Wildman–Crippen MR) is 108 cm³/mol. The molecule has 0 unspecified atom stereocenters. The van der Waals surface area contributed by atoms with Crippen LogP contribution in [0.1, 0.15) is 28.0 Å². The van der Waals surface area contributed by atoms with E-state index in [2.05, 4.69) is 23.3 Å². The largest absolute Gasteiger partial charge is 0.493 e. The molecule has 1 fully saturated rings. The number of fused-ring (bicyclic) bond motifs is 2. The van der Waals surface area contributed by atoms with Crippen molar-refractivity contribution in [2.75, 3.05) is 26.8 Å². The lowest BCUT2D eigenvalue weighted by Gasteiger charge is -2.41. The highest BCUT2D eigenvalue weighted by molar-refractivity contribution is 5.95. The molecular formula is C23H23N3O3. The monoisotopic (exact) mass is 389 g/mol. The first kappa shape index (κ1) is 17.9. The number of hydrogen-bond acceptors (Lipinski definition) is 4. The summed E-state index contributed by atoms with van der Waals surface area (Å²) >= 11 is 0. The zero-order chi connectivity index (χ0) is 19.8. The number of ether oxygens (including phenoxy) is 2. The maximum Gasteiger partial charge on any atom is 0.278 e. The van der Waals surface area contributed by atoms with E-state index in [0.717, 1.165) is 18.5 Å². The van der Waals surface area contributed by atoms with Crippen molar-refractivity contribution in [1.82, 2.24) is 14.7 Å². The molecule has 1 saturated heterocycles. The minimum Gasteiger partial charge on any atom is -0.493 e. The Bertz CT molecular complexity index is 1040. The molecule has 5 rings (SSSR count). The Balaban J connectivity index is 1.45. The summed E-state index contributed by atoms with van der Waals surface area (Å²) in [4.78, 5) is 15.2. The summed E-state index contributed by atoms with van der Waals surface area (Å²) in [6.07, 6.45) is 3.62. The lowest BCUT2D eigenvalue weighted by Crippen LogP contribution is -2.51. The maximum atomic E-state index is 13.4. The van der Waals surface area contributed by atoms with Gasteiger partial charge in [0.25, 0.3) is 5.91 Å². The van der Waals surface area contributed by atoms with Gasteiger partial charge in [0.2, 0.25) is 0 Å². The van der Waals surface area contributed by atoms with Gasteiger partial charge >= 0.3 is 0 Å². The number of benzene rings is 2. The SMILES string of the molecule is COc1cn(-c2ccccc2)nc1C(=O)N1CCO[C@]2(CCc3ccccc32)C1. The smallest absolute Gasteiger partial charge is 0.278 e. The van der Waals surface area contributed by atoms with Gasteiger partial charge in [0.15, 0.2) is 11.4 Å². The molecule has 148 valence electrons. The molecular weight excluding hydrogens is 366 g/mol. The normalized spacial score (nSPS) is 20.7. The summed E-state index contributed by atoms with van der Waals surface area (Å²) in [7, 11) is 1.57. The van der Waals surface area contributed by atoms with E-state index in [1.165, 1.54) is 11.1 Å². The second-order valence-corrected chi connectivity index (χ2v) is 7.55. The summed E-state index contributed by atoms with van der Waals surface area (Å²) in [6, 6.07) is 18.1. The third-order valence-corrected chi connectivity index (χ3v) is 5.90. The zero-order valence-corrected chi connectivity index (χ0v) is 16.4. The number of aromatic nitrogens is 2. The number of amides is 1. The molecule has 2 heterocycles. The molecule has 3 aromatic rings. The van der Waals surface area contributed by atoms with Crippen molar-refractivity contribution in [3.63, 3.8) is 0 Å². The Morgan fingerprint density at radius 3 is 2.76 bits per heavy atom. The van der Waals surface area contributed by atoms with Crippen LogP contribution in [0, 0.1) is 0 Å². The van der Waals surface area contributed by atoms with Gasteiger partial charge in [0.1, 0.15) is 5.60 Å². The topological polar surface area (TPSA) is 56.6 Å². The van der Waals surface area contributed by atoms with Gasteiger partial charge in [0.05, 0.1) is 32.1 Å². The van der Waals surface area contributed by atoms with E-state index in [9.17, 15) is 4.79 Å². The Morgan fingerprint density at radius 2 is 1.93 bits per heavy atom. The molecule has 1 aromatic heterocycles. The van der Waals surface area contributed by atoms with E-state index in [4.69, 9.17) is 9.47 Å². The van der Waals surface area contributed by atoms with Crippen LogP contribution in [0.25, 0.3) is 5.69 Å². The maximum absolute atomic E-state index is 13.4. The number of morpholine rings is 1. The van der Waals surface area contributed by atoms with Gasteiger partial charge < -0.3 is 14.4 Å². The van der Waals surface area contributed by atoms with E-state index in [-0.39, 0.29) is 5.91 Å². The van der Waals surface area contributed by atoms with Gasteiger partial charge in [-0.15, -0.1) is 0 Å². The fourth-order valence-corrected chi connectivity index (χ4v) is 4.44. The molecule has 0 bridgehead atoms. The van der Waals surface area contributed by atoms with Crippen LogP contribution in [0.5, 0.6) is 5.75 Å². The molecule has 1 aliphatic carbocycles. The molecule has 1 amide bonds. The van der Waals surface area contributed by atoms with Crippen molar-refractivity contribution in [3.05, 3.63) is 77.6 Å². The van der Waals surface area contributed by atoms with Crippen LogP contribution in [0.4, 0.5) is 0 Å². The number of carbonyl (C=O) groups is 1. The number of para-hydroxylation sites is 1. The van der Waals surface area contributed by atoms with Gasteiger partial charge in [-0.2, -0.15) is 5.10 Å². The van der Waals surface area contributed by atoms with Gasteiger partial charge in [-0.3, -0.25) is 4.79 Å². The van der Waals surface area contributed by atoms with Crippen molar-refractivity contribution in [3.8, 4) is 11.4 Å².